The molecular weight excluding hydrogens is 168 g/mol. The highest BCUT2D eigenvalue weighted by atomic mass is 17.1. The summed E-state index contributed by atoms with van der Waals surface area (Å²) in [7, 11) is 0. The molecule has 3 heteroatoms. The van der Waals surface area contributed by atoms with Gasteiger partial charge in [0.05, 0.1) is 6.61 Å². The molecule has 0 aliphatic rings. The maximum Gasteiger partial charge on any atom is 0.116 e. The SMILES string of the molecule is C/C(=C\CO)C/C=C/C(C)(C)OO. The topological polar surface area (TPSA) is 49.7 Å². The number of rotatable bonds is 5. The van der Waals surface area contributed by atoms with Crippen LogP contribution in [-0.2, 0) is 4.89 Å². The largest absolute Gasteiger partial charge is 0.392 e. The minimum absolute atomic E-state index is 0.0690. The molecule has 0 radical (unpaired) electrons. The van der Waals surface area contributed by atoms with E-state index in [1.807, 2.05) is 13.0 Å². The van der Waals surface area contributed by atoms with E-state index in [0.29, 0.717) is 0 Å². The average Bonchev–Trinajstić information content (AvgIpc) is 2.05. The standard InChI is InChI=1S/C10H18O3/c1-9(6-8-11)5-4-7-10(2,3)13-12/h4,6-7,11-12H,5,8H2,1-3H3/b7-4+,9-6+. The van der Waals surface area contributed by atoms with E-state index in [-0.39, 0.29) is 6.61 Å². The summed E-state index contributed by atoms with van der Waals surface area (Å²) in [6.07, 6.45) is 6.18. The first kappa shape index (κ1) is 12.4. The molecule has 0 aromatic heterocycles. The van der Waals surface area contributed by atoms with Gasteiger partial charge in [-0.3, -0.25) is 5.26 Å². The summed E-state index contributed by atoms with van der Waals surface area (Å²) >= 11 is 0. The van der Waals surface area contributed by atoms with Crippen LogP contribution < -0.4 is 0 Å². The van der Waals surface area contributed by atoms with Gasteiger partial charge in [0.1, 0.15) is 5.60 Å². The van der Waals surface area contributed by atoms with Crippen molar-refractivity contribution in [3.63, 3.8) is 0 Å². The second-order valence-electron chi connectivity index (χ2n) is 3.53. The van der Waals surface area contributed by atoms with Gasteiger partial charge >= 0.3 is 0 Å². The molecule has 76 valence electrons. The molecule has 0 aliphatic heterocycles. The molecule has 0 fully saturated rings. The van der Waals surface area contributed by atoms with Crippen LogP contribution in [0.25, 0.3) is 0 Å². The lowest BCUT2D eigenvalue weighted by atomic mass is 10.1. The highest BCUT2D eigenvalue weighted by Crippen LogP contribution is 2.10. The van der Waals surface area contributed by atoms with Crippen molar-refractivity contribution in [3.8, 4) is 0 Å². The van der Waals surface area contributed by atoms with E-state index in [9.17, 15) is 0 Å². The molecule has 0 saturated heterocycles. The van der Waals surface area contributed by atoms with E-state index in [1.165, 1.54) is 0 Å². The number of hydrogen-bond donors (Lipinski definition) is 2. The third kappa shape index (κ3) is 6.51. The maximum absolute atomic E-state index is 8.58. The zero-order chi connectivity index (χ0) is 10.3. The number of aliphatic hydroxyl groups is 1. The summed E-state index contributed by atoms with van der Waals surface area (Å²) in [5, 5.41) is 17.0. The highest BCUT2D eigenvalue weighted by molar-refractivity contribution is 5.07. The lowest BCUT2D eigenvalue weighted by molar-refractivity contribution is -0.297. The second-order valence-corrected chi connectivity index (χ2v) is 3.53. The fourth-order valence-electron chi connectivity index (χ4n) is 0.798. The molecule has 13 heavy (non-hydrogen) atoms. The number of allylic oxidation sites excluding steroid dienone is 2. The van der Waals surface area contributed by atoms with Crippen LogP contribution in [0.15, 0.2) is 23.8 Å². The summed E-state index contributed by atoms with van der Waals surface area (Å²) in [6, 6.07) is 0. The quantitative estimate of drug-likeness (QED) is 0.393. The fraction of sp³-hybridized carbons (Fsp3) is 0.600. The van der Waals surface area contributed by atoms with Gasteiger partial charge in [0.25, 0.3) is 0 Å². The molecule has 0 aromatic rings. The molecule has 0 heterocycles. The Bertz CT molecular complexity index is 192. The summed E-state index contributed by atoms with van der Waals surface area (Å²) < 4.78 is 0. The Kier molecular flexibility index (Phi) is 5.62. The molecule has 3 nitrogen and oxygen atoms in total. The van der Waals surface area contributed by atoms with Crippen molar-refractivity contribution in [1.29, 1.82) is 0 Å². The highest BCUT2D eigenvalue weighted by Gasteiger charge is 2.12. The van der Waals surface area contributed by atoms with Gasteiger partial charge in [-0.25, -0.2) is 4.89 Å². The van der Waals surface area contributed by atoms with Crippen LogP contribution in [0.2, 0.25) is 0 Å². The van der Waals surface area contributed by atoms with Gasteiger partial charge in [-0.05, 0) is 27.2 Å². The third-order valence-corrected chi connectivity index (χ3v) is 1.63. The summed E-state index contributed by atoms with van der Waals surface area (Å²) in [6.45, 7) is 5.52. The Morgan fingerprint density at radius 2 is 2.08 bits per heavy atom. The van der Waals surface area contributed by atoms with Gasteiger partial charge in [-0.2, -0.15) is 0 Å². The smallest absolute Gasteiger partial charge is 0.116 e. The van der Waals surface area contributed by atoms with Crippen molar-refractivity contribution >= 4 is 0 Å². The van der Waals surface area contributed by atoms with E-state index >= 15 is 0 Å². The van der Waals surface area contributed by atoms with E-state index in [4.69, 9.17) is 10.4 Å². The minimum Gasteiger partial charge on any atom is -0.392 e. The van der Waals surface area contributed by atoms with Crippen molar-refractivity contribution in [3.05, 3.63) is 23.8 Å². The van der Waals surface area contributed by atoms with Crippen LogP contribution in [0.4, 0.5) is 0 Å². The first-order chi connectivity index (χ1) is 6.02. The summed E-state index contributed by atoms with van der Waals surface area (Å²) in [4.78, 5) is 4.22. The van der Waals surface area contributed by atoms with Crippen LogP contribution >= 0.6 is 0 Å². The molecule has 0 amide bonds. The maximum atomic E-state index is 8.58. The Labute approximate surface area is 79.3 Å². The van der Waals surface area contributed by atoms with Gasteiger partial charge in [-0.1, -0.05) is 23.8 Å². The van der Waals surface area contributed by atoms with Gasteiger partial charge in [0, 0.05) is 0 Å². The molecule has 0 unspecified atom stereocenters. The van der Waals surface area contributed by atoms with Crippen molar-refractivity contribution < 1.29 is 15.3 Å². The summed E-state index contributed by atoms with van der Waals surface area (Å²) in [5.41, 5.74) is 0.451. The lowest BCUT2D eigenvalue weighted by Gasteiger charge is -2.14. The van der Waals surface area contributed by atoms with Crippen LogP contribution in [0.5, 0.6) is 0 Å². The molecule has 0 rings (SSSR count). The molecule has 2 N–H and O–H groups in total. The lowest BCUT2D eigenvalue weighted by Crippen LogP contribution is -2.18. The van der Waals surface area contributed by atoms with Gasteiger partial charge in [-0.15, -0.1) is 0 Å². The van der Waals surface area contributed by atoms with Crippen molar-refractivity contribution in [2.75, 3.05) is 6.61 Å². The Morgan fingerprint density at radius 1 is 1.46 bits per heavy atom. The Balaban J connectivity index is 3.94. The number of aliphatic hydroxyl groups excluding tert-OH is 1. The fourth-order valence-corrected chi connectivity index (χ4v) is 0.798. The van der Waals surface area contributed by atoms with E-state index in [2.05, 4.69) is 4.89 Å². The normalized spacial score (nSPS) is 14.1. The van der Waals surface area contributed by atoms with Crippen molar-refractivity contribution in [2.45, 2.75) is 32.8 Å². The first-order valence-electron chi connectivity index (χ1n) is 4.28. The summed E-state index contributed by atoms with van der Waals surface area (Å²) in [5.74, 6) is 0. The average molecular weight is 186 g/mol. The zero-order valence-corrected chi connectivity index (χ0v) is 8.45. The molecule has 0 atom stereocenters. The molecule has 0 bridgehead atoms. The molecule has 0 aliphatic carbocycles. The van der Waals surface area contributed by atoms with E-state index < -0.39 is 5.60 Å². The predicted molar refractivity (Wildman–Crippen MR) is 52.4 cm³/mol. The van der Waals surface area contributed by atoms with E-state index in [1.54, 1.807) is 26.0 Å². The molecule has 0 spiro atoms. The van der Waals surface area contributed by atoms with Crippen LogP contribution in [0.3, 0.4) is 0 Å². The molecule has 0 saturated carbocycles. The van der Waals surface area contributed by atoms with Gasteiger partial charge < -0.3 is 5.11 Å². The Hall–Kier alpha value is -0.640. The number of hydrogen-bond acceptors (Lipinski definition) is 3. The van der Waals surface area contributed by atoms with Crippen molar-refractivity contribution in [2.24, 2.45) is 0 Å². The first-order valence-corrected chi connectivity index (χ1v) is 4.28. The molecular formula is C10H18O3. The second kappa shape index (κ2) is 5.91. The predicted octanol–water partition coefficient (Wildman–Crippen LogP) is 2.14. The monoisotopic (exact) mass is 186 g/mol. The van der Waals surface area contributed by atoms with Crippen LogP contribution in [0, 0.1) is 0 Å². The van der Waals surface area contributed by atoms with Crippen molar-refractivity contribution in [1.82, 2.24) is 0 Å². The zero-order valence-electron chi connectivity index (χ0n) is 8.45. The minimum atomic E-state index is -0.639. The van der Waals surface area contributed by atoms with Crippen LogP contribution in [0.1, 0.15) is 27.2 Å². The van der Waals surface area contributed by atoms with E-state index in [0.717, 1.165) is 12.0 Å². The van der Waals surface area contributed by atoms with Gasteiger partial charge in [0.15, 0.2) is 0 Å². The third-order valence-electron chi connectivity index (χ3n) is 1.63. The van der Waals surface area contributed by atoms with Crippen LogP contribution in [-0.4, -0.2) is 22.6 Å². The Morgan fingerprint density at radius 3 is 2.54 bits per heavy atom. The molecule has 0 aromatic carbocycles. The van der Waals surface area contributed by atoms with Gasteiger partial charge in [0.2, 0.25) is 0 Å².